The number of aromatic nitrogens is 2. The van der Waals surface area contributed by atoms with Crippen molar-refractivity contribution in [2.75, 3.05) is 25.6 Å². The van der Waals surface area contributed by atoms with Gasteiger partial charge in [0.05, 0.1) is 26.8 Å². The van der Waals surface area contributed by atoms with Gasteiger partial charge in [-0.1, -0.05) is 17.7 Å². The number of carbonyl (C=O) groups excluding carboxylic acids is 2. The van der Waals surface area contributed by atoms with E-state index in [9.17, 15) is 14.0 Å². The first kappa shape index (κ1) is 27.9. The van der Waals surface area contributed by atoms with Gasteiger partial charge in [-0.25, -0.2) is 4.39 Å². The molecule has 1 N–H and O–H groups in total. The first-order valence-electron chi connectivity index (χ1n) is 12.2. The van der Waals surface area contributed by atoms with Gasteiger partial charge in [0.2, 0.25) is 5.91 Å². The van der Waals surface area contributed by atoms with Gasteiger partial charge in [-0.15, -0.1) is 0 Å². The zero-order valence-electron chi connectivity index (χ0n) is 22.0. The topological polar surface area (TPSA) is 104 Å². The summed E-state index contributed by atoms with van der Waals surface area (Å²) in [7, 11) is 1.48. The van der Waals surface area contributed by atoms with E-state index in [1.807, 2.05) is 13.8 Å². The van der Waals surface area contributed by atoms with E-state index in [0.29, 0.717) is 24.7 Å². The highest BCUT2D eigenvalue weighted by Gasteiger charge is 2.38. The Kier molecular flexibility index (Phi) is 8.01. The summed E-state index contributed by atoms with van der Waals surface area (Å²) in [5.74, 6) is -0.445. The van der Waals surface area contributed by atoms with Gasteiger partial charge in [-0.3, -0.25) is 14.3 Å². The highest BCUT2D eigenvalue weighted by atomic mass is 35.5. The van der Waals surface area contributed by atoms with Crippen molar-refractivity contribution in [2.24, 2.45) is 0 Å². The molecule has 38 heavy (non-hydrogen) atoms. The summed E-state index contributed by atoms with van der Waals surface area (Å²) in [4.78, 5) is 27.4. The zero-order valence-corrected chi connectivity index (χ0v) is 22.8. The zero-order chi connectivity index (χ0) is 27.7. The van der Waals surface area contributed by atoms with Crippen LogP contribution in [0.2, 0.25) is 5.02 Å². The maximum atomic E-state index is 14.8. The third-order valence-corrected chi connectivity index (χ3v) is 6.36. The Morgan fingerprint density at radius 3 is 2.74 bits per heavy atom. The SMILES string of the molecule is COc1cccc(OC2=CC(=O)N(C(CC(C)(C)F)C(=O)Nc3ccn(C[C@@H]4COC(C)(C)O4)n3)C2)c1Cl. The highest BCUT2D eigenvalue weighted by Crippen LogP contribution is 2.35. The average Bonchev–Trinajstić information content (AvgIpc) is 3.51. The molecule has 2 atom stereocenters. The van der Waals surface area contributed by atoms with E-state index >= 15 is 0 Å². The molecule has 1 saturated heterocycles. The average molecular weight is 551 g/mol. The van der Waals surface area contributed by atoms with Crippen LogP contribution in [0.15, 0.2) is 42.3 Å². The Labute approximate surface area is 225 Å². The molecule has 2 amide bonds. The smallest absolute Gasteiger partial charge is 0.251 e. The Balaban J connectivity index is 1.44. The molecule has 1 aromatic carbocycles. The summed E-state index contributed by atoms with van der Waals surface area (Å²) in [5.41, 5.74) is -1.73. The monoisotopic (exact) mass is 550 g/mol. The minimum atomic E-state index is -1.73. The molecule has 1 aromatic heterocycles. The summed E-state index contributed by atoms with van der Waals surface area (Å²) in [5, 5.41) is 7.32. The van der Waals surface area contributed by atoms with Crippen LogP contribution in [0, 0.1) is 0 Å². The molecule has 10 nitrogen and oxygen atoms in total. The second-order valence-corrected chi connectivity index (χ2v) is 10.6. The van der Waals surface area contributed by atoms with Crippen molar-refractivity contribution in [3.63, 3.8) is 0 Å². The Morgan fingerprint density at radius 2 is 2.08 bits per heavy atom. The molecule has 0 saturated carbocycles. The van der Waals surface area contributed by atoms with E-state index in [1.54, 1.807) is 35.1 Å². The van der Waals surface area contributed by atoms with Crippen molar-refractivity contribution in [3.8, 4) is 11.5 Å². The van der Waals surface area contributed by atoms with Gasteiger partial charge in [-0.2, -0.15) is 5.10 Å². The molecule has 2 aliphatic rings. The van der Waals surface area contributed by atoms with Crippen molar-refractivity contribution >= 4 is 29.2 Å². The predicted molar refractivity (Wildman–Crippen MR) is 138 cm³/mol. The fourth-order valence-electron chi connectivity index (χ4n) is 4.31. The maximum absolute atomic E-state index is 14.8. The summed E-state index contributed by atoms with van der Waals surface area (Å²) >= 11 is 6.31. The number of rotatable bonds is 10. The number of amides is 2. The van der Waals surface area contributed by atoms with Gasteiger partial charge in [0.25, 0.3) is 5.91 Å². The molecule has 0 radical (unpaired) electrons. The molecule has 1 unspecified atom stereocenters. The molecule has 1 fully saturated rings. The normalized spacial score (nSPS) is 19.9. The van der Waals surface area contributed by atoms with Crippen LogP contribution in [0.4, 0.5) is 10.2 Å². The van der Waals surface area contributed by atoms with Gasteiger partial charge >= 0.3 is 0 Å². The Bertz CT molecular complexity index is 1220. The molecule has 0 aliphatic carbocycles. The minimum absolute atomic E-state index is 0.0379. The van der Waals surface area contributed by atoms with E-state index in [0.717, 1.165) is 0 Å². The van der Waals surface area contributed by atoms with Gasteiger partial charge in [0.1, 0.15) is 40.1 Å². The van der Waals surface area contributed by atoms with Crippen LogP contribution in [-0.4, -0.2) is 70.4 Å². The van der Waals surface area contributed by atoms with Crippen LogP contribution in [0.25, 0.3) is 0 Å². The maximum Gasteiger partial charge on any atom is 0.251 e. The largest absolute Gasteiger partial charge is 0.495 e. The number of nitrogens with zero attached hydrogens (tertiary/aromatic N) is 3. The molecule has 206 valence electrons. The highest BCUT2D eigenvalue weighted by molar-refractivity contribution is 6.33. The fraction of sp³-hybridized carbons (Fsp3) is 0.500. The van der Waals surface area contributed by atoms with E-state index in [2.05, 4.69) is 10.4 Å². The molecular formula is C26H32ClFN4O6. The van der Waals surface area contributed by atoms with Crippen molar-refractivity contribution in [3.05, 3.63) is 47.3 Å². The number of methoxy groups -OCH3 is 1. The van der Waals surface area contributed by atoms with Crippen molar-refractivity contribution in [1.82, 2.24) is 14.7 Å². The Hall–Kier alpha value is -3.15. The standard InChI is InChI=1S/C26H32ClFN4O6/c1-25(2,28)12-18(24(34)29-21-9-10-31(30-21)13-17-15-36-26(3,4)38-17)32-14-16(11-22(32)33)37-20-8-6-7-19(35-5)23(20)27/h6-11,17-18H,12-15H2,1-5H3,(H,29,30,34)/t17-,18?/m1/s1. The lowest BCUT2D eigenvalue weighted by molar-refractivity contribution is -0.139. The molecule has 0 spiro atoms. The summed E-state index contributed by atoms with van der Waals surface area (Å²) < 4.78 is 38.8. The van der Waals surface area contributed by atoms with E-state index < -0.39 is 29.3 Å². The van der Waals surface area contributed by atoms with Crippen LogP contribution in [0.1, 0.15) is 34.1 Å². The van der Waals surface area contributed by atoms with Crippen molar-refractivity contribution in [1.29, 1.82) is 0 Å². The molecule has 3 heterocycles. The summed E-state index contributed by atoms with van der Waals surface area (Å²) in [6.07, 6.45) is 2.55. The van der Waals surface area contributed by atoms with Crippen LogP contribution >= 0.6 is 11.6 Å². The predicted octanol–water partition coefficient (Wildman–Crippen LogP) is 3.95. The van der Waals surface area contributed by atoms with Gasteiger partial charge in [0, 0.05) is 24.8 Å². The number of anilines is 1. The first-order chi connectivity index (χ1) is 17.8. The lowest BCUT2D eigenvalue weighted by Crippen LogP contribution is -2.48. The van der Waals surface area contributed by atoms with E-state index in [1.165, 1.54) is 31.9 Å². The molecule has 4 rings (SSSR count). The van der Waals surface area contributed by atoms with Gasteiger partial charge in [0.15, 0.2) is 11.6 Å². The number of ether oxygens (including phenoxy) is 4. The van der Waals surface area contributed by atoms with Crippen molar-refractivity contribution in [2.45, 2.75) is 64.3 Å². The summed E-state index contributed by atoms with van der Waals surface area (Å²) in [6.45, 7) is 7.21. The van der Waals surface area contributed by atoms with E-state index in [4.69, 9.17) is 30.5 Å². The number of nitrogens with one attached hydrogen (secondary N) is 1. The number of hydrogen-bond acceptors (Lipinski definition) is 7. The number of hydrogen-bond donors (Lipinski definition) is 1. The Morgan fingerprint density at radius 1 is 1.34 bits per heavy atom. The molecule has 12 heteroatoms. The summed E-state index contributed by atoms with van der Waals surface area (Å²) in [6, 6.07) is 5.52. The fourth-order valence-corrected chi connectivity index (χ4v) is 4.55. The number of alkyl halides is 1. The minimum Gasteiger partial charge on any atom is -0.495 e. The van der Waals surface area contributed by atoms with Crippen LogP contribution in [-0.2, 0) is 25.6 Å². The third-order valence-electron chi connectivity index (χ3n) is 5.99. The first-order valence-corrected chi connectivity index (χ1v) is 12.6. The second-order valence-electron chi connectivity index (χ2n) is 10.3. The van der Waals surface area contributed by atoms with E-state index in [-0.39, 0.29) is 35.7 Å². The third kappa shape index (κ3) is 6.83. The molecule has 0 bridgehead atoms. The van der Waals surface area contributed by atoms with Gasteiger partial charge in [-0.05, 0) is 39.8 Å². The van der Waals surface area contributed by atoms with Crippen LogP contribution in [0.3, 0.4) is 0 Å². The number of carbonyl (C=O) groups is 2. The van der Waals surface area contributed by atoms with Crippen molar-refractivity contribution < 1.29 is 32.9 Å². The second kappa shape index (κ2) is 10.9. The number of benzene rings is 1. The lowest BCUT2D eigenvalue weighted by atomic mass is 9.99. The molecular weight excluding hydrogens is 519 g/mol. The number of halogens is 2. The quantitative estimate of drug-likeness (QED) is 0.478. The lowest BCUT2D eigenvalue weighted by Gasteiger charge is -2.30. The molecule has 2 aliphatic heterocycles. The van der Waals surface area contributed by atoms with Gasteiger partial charge < -0.3 is 29.2 Å². The molecule has 2 aromatic rings. The van der Waals surface area contributed by atoms with Crippen LogP contribution < -0.4 is 14.8 Å². The van der Waals surface area contributed by atoms with Crippen LogP contribution in [0.5, 0.6) is 11.5 Å².